The maximum Gasteiger partial charge on any atom is 0.227 e. The summed E-state index contributed by atoms with van der Waals surface area (Å²) in [5.41, 5.74) is 2.76. The zero-order chi connectivity index (χ0) is 19.5. The van der Waals surface area contributed by atoms with Gasteiger partial charge in [-0.3, -0.25) is 4.90 Å². The zero-order valence-electron chi connectivity index (χ0n) is 16.8. The van der Waals surface area contributed by atoms with Crippen molar-refractivity contribution in [1.29, 1.82) is 0 Å². The van der Waals surface area contributed by atoms with Gasteiger partial charge in [0.05, 0.1) is 19.8 Å². The number of ether oxygens (including phenoxy) is 2. The quantitative estimate of drug-likeness (QED) is 0.834. The van der Waals surface area contributed by atoms with Gasteiger partial charge in [-0.1, -0.05) is 12.1 Å². The molecule has 154 valence electrons. The Morgan fingerprint density at radius 2 is 1.90 bits per heavy atom. The molecule has 2 fully saturated rings. The van der Waals surface area contributed by atoms with Crippen LogP contribution < -0.4 is 15.0 Å². The molecule has 7 heteroatoms. The largest absolute Gasteiger partial charge is 0.493 e. The molecule has 1 aromatic heterocycles. The fraction of sp³-hybridized carbons (Fsp3) is 0.545. The number of nitrogens with zero attached hydrogens (tertiary/aromatic N) is 4. The molecule has 1 aromatic carbocycles. The summed E-state index contributed by atoms with van der Waals surface area (Å²) in [4.78, 5) is 13.9. The predicted octanol–water partition coefficient (Wildman–Crippen LogP) is 2.32. The lowest BCUT2D eigenvalue weighted by Crippen LogP contribution is -2.39. The Labute approximate surface area is 172 Å². The van der Waals surface area contributed by atoms with Crippen LogP contribution >= 0.6 is 0 Å². The van der Waals surface area contributed by atoms with Crippen LogP contribution in [0.4, 0.5) is 11.8 Å². The number of likely N-dealkylation sites (tertiary alicyclic amines) is 1. The summed E-state index contributed by atoms with van der Waals surface area (Å²) < 4.78 is 11.0. The highest BCUT2D eigenvalue weighted by atomic mass is 16.5. The van der Waals surface area contributed by atoms with Gasteiger partial charge in [0.25, 0.3) is 0 Å². The first-order chi connectivity index (χ1) is 14.3. The number of piperidine rings is 1. The van der Waals surface area contributed by atoms with E-state index >= 15 is 0 Å². The first-order valence-electron chi connectivity index (χ1n) is 10.7. The Morgan fingerprint density at radius 1 is 1.03 bits per heavy atom. The highest BCUT2D eigenvalue weighted by Crippen LogP contribution is 2.27. The SMILES string of the molecule is c1cc(NC2CCN(Cc3ccc4c(c3)CCO4)CC2)nc(N2CCOCC2)n1. The molecule has 0 aliphatic carbocycles. The Hall–Kier alpha value is -2.38. The van der Waals surface area contributed by atoms with Crippen molar-refractivity contribution in [3.05, 3.63) is 41.6 Å². The summed E-state index contributed by atoms with van der Waals surface area (Å²) in [6, 6.07) is 9.10. The smallest absolute Gasteiger partial charge is 0.227 e. The third kappa shape index (κ3) is 4.46. The molecule has 4 heterocycles. The Bertz CT molecular complexity index is 832. The molecule has 3 aliphatic heterocycles. The predicted molar refractivity (Wildman–Crippen MR) is 113 cm³/mol. The van der Waals surface area contributed by atoms with Crippen LogP contribution in [0.25, 0.3) is 0 Å². The summed E-state index contributed by atoms with van der Waals surface area (Å²) in [6.45, 7) is 7.26. The molecule has 0 radical (unpaired) electrons. The van der Waals surface area contributed by atoms with Crippen LogP contribution in [0.5, 0.6) is 5.75 Å². The first-order valence-corrected chi connectivity index (χ1v) is 10.7. The maximum absolute atomic E-state index is 5.62. The van der Waals surface area contributed by atoms with E-state index in [-0.39, 0.29) is 0 Å². The maximum atomic E-state index is 5.62. The molecule has 1 N–H and O–H groups in total. The fourth-order valence-electron chi connectivity index (χ4n) is 4.39. The fourth-order valence-corrected chi connectivity index (χ4v) is 4.39. The number of morpholine rings is 1. The van der Waals surface area contributed by atoms with Crippen LogP contribution in [-0.2, 0) is 17.7 Å². The van der Waals surface area contributed by atoms with Crippen LogP contribution in [0.1, 0.15) is 24.0 Å². The molecule has 2 aromatic rings. The molecule has 0 amide bonds. The number of hydrogen-bond acceptors (Lipinski definition) is 7. The summed E-state index contributed by atoms with van der Waals surface area (Å²) >= 11 is 0. The number of anilines is 2. The van der Waals surface area contributed by atoms with E-state index in [1.54, 1.807) is 0 Å². The third-order valence-corrected chi connectivity index (χ3v) is 6.04. The van der Waals surface area contributed by atoms with E-state index in [2.05, 4.69) is 38.3 Å². The van der Waals surface area contributed by atoms with Crippen molar-refractivity contribution >= 4 is 11.8 Å². The minimum atomic E-state index is 0.465. The molecule has 0 saturated carbocycles. The van der Waals surface area contributed by atoms with Crippen LogP contribution in [0, 0.1) is 0 Å². The second-order valence-corrected chi connectivity index (χ2v) is 8.08. The Morgan fingerprint density at radius 3 is 2.76 bits per heavy atom. The molecular weight excluding hydrogens is 366 g/mol. The van der Waals surface area contributed by atoms with Gasteiger partial charge in [-0.25, -0.2) is 4.98 Å². The number of hydrogen-bond donors (Lipinski definition) is 1. The van der Waals surface area contributed by atoms with E-state index in [0.29, 0.717) is 6.04 Å². The van der Waals surface area contributed by atoms with Crippen molar-refractivity contribution in [3.63, 3.8) is 0 Å². The molecule has 5 rings (SSSR count). The van der Waals surface area contributed by atoms with Gasteiger partial charge >= 0.3 is 0 Å². The molecule has 0 atom stereocenters. The molecule has 0 spiro atoms. The molecule has 0 unspecified atom stereocenters. The second kappa shape index (κ2) is 8.55. The number of rotatable bonds is 5. The van der Waals surface area contributed by atoms with E-state index in [9.17, 15) is 0 Å². The van der Waals surface area contributed by atoms with Gasteiger partial charge in [-0.15, -0.1) is 0 Å². The van der Waals surface area contributed by atoms with E-state index < -0.39 is 0 Å². The average molecular weight is 396 g/mol. The normalized spacial score (nSPS) is 20.3. The van der Waals surface area contributed by atoms with Gasteiger partial charge in [0.15, 0.2) is 0 Å². The summed E-state index contributed by atoms with van der Waals surface area (Å²) in [6.07, 6.45) is 5.16. The van der Waals surface area contributed by atoms with Gasteiger partial charge in [-0.05, 0) is 36.1 Å². The van der Waals surface area contributed by atoms with E-state index in [1.165, 1.54) is 11.1 Å². The van der Waals surface area contributed by atoms with Crippen molar-refractivity contribution in [1.82, 2.24) is 14.9 Å². The standard InChI is InChI=1S/C22H29N5O2/c1-2-20-18(6-12-29-20)15-17(1)16-26-8-4-19(5-9-26)24-21-3-7-23-22(25-21)27-10-13-28-14-11-27/h1-3,7,15,19H,4-6,8-14,16H2,(H,23,24,25). The van der Waals surface area contributed by atoms with Crippen LogP contribution in [-0.4, -0.2) is 66.9 Å². The van der Waals surface area contributed by atoms with Crippen molar-refractivity contribution in [2.75, 3.05) is 56.2 Å². The number of fused-ring (bicyclic) bond motifs is 1. The minimum Gasteiger partial charge on any atom is -0.493 e. The van der Waals surface area contributed by atoms with Gasteiger partial charge in [0.2, 0.25) is 5.95 Å². The summed E-state index contributed by atoms with van der Waals surface area (Å²) in [5.74, 6) is 2.80. The number of benzene rings is 1. The highest BCUT2D eigenvalue weighted by Gasteiger charge is 2.21. The minimum absolute atomic E-state index is 0.465. The monoisotopic (exact) mass is 395 g/mol. The lowest BCUT2D eigenvalue weighted by molar-refractivity contribution is 0.122. The van der Waals surface area contributed by atoms with Crippen molar-refractivity contribution < 1.29 is 9.47 Å². The summed E-state index contributed by atoms with van der Waals surface area (Å²) in [5, 5.41) is 3.63. The van der Waals surface area contributed by atoms with Gasteiger partial charge in [-0.2, -0.15) is 4.98 Å². The van der Waals surface area contributed by atoms with Gasteiger partial charge in [0.1, 0.15) is 11.6 Å². The van der Waals surface area contributed by atoms with E-state index in [4.69, 9.17) is 14.5 Å². The zero-order valence-corrected chi connectivity index (χ0v) is 16.8. The highest BCUT2D eigenvalue weighted by molar-refractivity contribution is 5.42. The molecule has 0 bridgehead atoms. The van der Waals surface area contributed by atoms with Crippen LogP contribution in [0.2, 0.25) is 0 Å². The molecule has 3 aliphatic rings. The molecular formula is C22H29N5O2. The lowest BCUT2D eigenvalue weighted by atomic mass is 10.0. The summed E-state index contributed by atoms with van der Waals surface area (Å²) in [7, 11) is 0. The van der Waals surface area contributed by atoms with Crippen LogP contribution in [0.3, 0.4) is 0 Å². The number of aromatic nitrogens is 2. The van der Waals surface area contributed by atoms with Crippen molar-refractivity contribution in [2.24, 2.45) is 0 Å². The Kier molecular flexibility index (Phi) is 5.49. The first kappa shape index (κ1) is 18.6. The van der Waals surface area contributed by atoms with Gasteiger partial charge < -0.3 is 19.7 Å². The van der Waals surface area contributed by atoms with E-state index in [0.717, 1.165) is 89.3 Å². The van der Waals surface area contributed by atoms with Crippen molar-refractivity contribution in [3.8, 4) is 5.75 Å². The second-order valence-electron chi connectivity index (χ2n) is 8.08. The van der Waals surface area contributed by atoms with Crippen LogP contribution in [0.15, 0.2) is 30.5 Å². The van der Waals surface area contributed by atoms with Gasteiger partial charge in [0, 0.05) is 51.4 Å². The Balaban J connectivity index is 1.13. The topological polar surface area (TPSA) is 62.8 Å². The molecule has 2 saturated heterocycles. The average Bonchev–Trinajstić information content (AvgIpc) is 3.24. The third-order valence-electron chi connectivity index (χ3n) is 6.04. The molecule has 7 nitrogen and oxygen atoms in total. The lowest BCUT2D eigenvalue weighted by Gasteiger charge is -2.33. The van der Waals surface area contributed by atoms with E-state index in [1.807, 2.05) is 12.3 Å². The number of nitrogens with one attached hydrogen (secondary N) is 1. The van der Waals surface area contributed by atoms with Crippen molar-refractivity contribution in [2.45, 2.75) is 31.8 Å². The molecule has 29 heavy (non-hydrogen) atoms.